The van der Waals surface area contributed by atoms with Crippen molar-refractivity contribution in [1.82, 2.24) is 10.2 Å². The van der Waals surface area contributed by atoms with Gasteiger partial charge >= 0.3 is 0 Å². The number of nitrogens with zero attached hydrogens (tertiary/aromatic N) is 1. The molecule has 1 heterocycles. The van der Waals surface area contributed by atoms with E-state index in [1.165, 1.54) is 19.4 Å². The molecule has 0 aromatic carbocycles. The first-order chi connectivity index (χ1) is 6.38. The van der Waals surface area contributed by atoms with E-state index >= 15 is 0 Å². The lowest BCUT2D eigenvalue weighted by Gasteiger charge is -2.33. The molecule has 0 bridgehead atoms. The van der Waals surface area contributed by atoms with Crippen molar-refractivity contribution in [2.24, 2.45) is 0 Å². The van der Waals surface area contributed by atoms with E-state index in [1.807, 2.05) is 12.2 Å². The standard InChI is InChI=1S/C11H20N2/c1-3-8-13(9-4-2)11-6-5-7-12-10-11/h3-4,11-12H,1-2,5-10H2/t11-/m1/s1. The fraction of sp³-hybridized carbons (Fsp3) is 0.636. The first-order valence-corrected chi connectivity index (χ1v) is 5.05. The lowest BCUT2D eigenvalue weighted by atomic mass is 10.1. The third kappa shape index (κ3) is 3.33. The summed E-state index contributed by atoms with van der Waals surface area (Å²) in [6.07, 6.45) is 6.53. The average molecular weight is 180 g/mol. The van der Waals surface area contributed by atoms with Gasteiger partial charge in [-0.15, -0.1) is 13.2 Å². The van der Waals surface area contributed by atoms with Crippen molar-refractivity contribution in [3.8, 4) is 0 Å². The van der Waals surface area contributed by atoms with Gasteiger partial charge in [0.1, 0.15) is 0 Å². The van der Waals surface area contributed by atoms with Crippen LogP contribution in [0.5, 0.6) is 0 Å². The van der Waals surface area contributed by atoms with Crippen LogP contribution in [0, 0.1) is 0 Å². The highest BCUT2D eigenvalue weighted by molar-refractivity contribution is 4.87. The van der Waals surface area contributed by atoms with Gasteiger partial charge in [-0.25, -0.2) is 0 Å². The van der Waals surface area contributed by atoms with Crippen LogP contribution >= 0.6 is 0 Å². The summed E-state index contributed by atoms with van der Waals surface area (Å²) in [5.41, 5.74) is 0. The van der Waals surface area contributed by atoms with Crippen molar-refractivity contribution >= 4 is 0 Å². The molecule has 13 heavy (non-hydrogen) atoms. The monoisotopic (exact) mass is 180 g/mol. The van der Waals surface area contributed by atoms with Crippen LogP contribution in [0.3, 0.4) is 0 Å². The quantitative estimate of drug-likeness (QED) is 0.644. The second-order valence-electron chi connectivity index (χ2n) is 3.53. The summed E-state index contributed by atoms with van der Waals surface area (Å²) in [5.74, 6) is 0. The molecule has 1 aliphatic heterocycles. The number of piperidine rings is 1. The van der Waals surface area contributed by atoms with Crippen molar-refractivity contribution in [1.29, 1.82) is 0 Å². The molecule has 0 unspecified atom stereocenters. The predicted octanol–water partition coefficient (Wildman–Crippen LogP) is 1.41. The van der Waals surface area contributed by atoms with Crippen LogP contribution in [0.15, 0.2) is 25.3 Å². The molecule has 0 spiro atoms. The van der Waals surface area contributed by atoms with E-state index in [1.54, 1.807) is 0 Å². The van der Waals surface area contributed by atoms with Crippen molar-refractivity contribution < 1.29 is 0 Å². The maximum absolute atomic E-state index is 3.78. The largest absolute Gasteiger partial charge is 0.315 e. The molecular formula is C11H20N2. The van der Waals surface area contributed by atoms with E-state index in [4.69, 9.17) is 0 Å². The second kappa shape index (κ2) is 5.95. The number of hydrogen-bond donors (Lipinski definition) is 1. The zero-order chi connectivity index (χ0) is 9.52. The van der Waals surface area contributed by atoms with E-state index in [9.17, 15) is 0 Å². The Balaban J connectivity index is 2.40. The van der Waals surface area contributed by atoms with Crippen molar-refractivity contribution in [2.75, 3.05) is 26.2 Å². The van der Waals surface area contributed by atoms with Crippen LogP contribution in [0.25, 0.3) is 0 Å². The maximum atomic E-state index is 3.78. The molecule has 0 aromatic rings. The number of rotatable bonds is 5. The third-order valence-corrected chi connectivity index (χ3v) is 2.51. The van der Waals surface area contributed by atoms with E-state index in [0.717, 1.165) is 19.6 Å². The molecule has 2 nitrogen and oxygen atoms in total. The van der Waals surface area contributed by atoms with Crippen LogP contribution in [-0.4, -0.2) is 37.1 Å². The van der Waals surface area contributed by atoms with Gasteiger partial charge in [0.15, 0.2) is 0 Å². The Morgan fingerprint density at radius 3 is 2.46 bits per heavy atom. The fourth-order valence-corrected chi connectivity index (χ4v) is 1.85. The molecule has 1 atom stereocenters. The summed E-state index contributed by atoms with van der Waals surface area (Å²) in [4.78, 5) is 2.42. The van der Waals surface area contributed by atoms with E-state index in [0.29, 0.717) is 6.04 Å². The Bertz CT molecular complexity index is 149. The highest BCUT2D eigenvalue weighted by Gasteiger charge is 2.18. The molecule has 1 fully saturated rings. The molecule has 2 heteroatoms. The fourth-order valence-electron chi connectivity index (χ4n) is 1.85. The number of hydrogen-bond acceptors (Lipinski definition) is 2. The van der Waals surface area contributed by atoms with Crippen molar-refractivity contribution in [2.45, 2.75) is 18.9 Å². The first kappa shape index (κ1) is 10.5. The Labute approximate surface area is 81.3 Å². The van der Waals surface area contributed by atoms with Crippen LogP contribution in [0.4, 0.5) is 0 Å². The van der Waals surface area contributed by atoms with E-state index in [2.05, 4.69) is 23.4 Å². The van der Waals surface area contributed by atoms with Gasteiger partial charge in [-0.3, -0.25) is 4.90 Å². The minimum Gasteiger partial charge on any atom is -0.315 e. The van der Waals surface area contributed by atoms with Gasteiger partial charge in [-0.05, 0) is 19.4 Å². The van der Waals surface area contributed by atoms with Gasteiger partial charge in [0, 0.05) is 25.7 Å². The summed E-state index contributed by atoms with van der Waals surface area (Å²) in [6, 6.07) is 0.671. The summed E-state index contributed by atoms with van der Waals surface area (Å²) < 4.78 is 0. The van der Waals surface area contributed by atoms with Crippen molar-refractivity contribution in [3.63, 3.8) is 0 Å². The molecule has 0 saturated carbocycles. The summed E-state index contributed by atoms with van der Waals surface area (Å²) >= 11 is 0. The molecule has 74 valence electrons. The highest BCUT2D eigenvalue weighted by Crippen LogP contribution is 2.09. The number of nitrogens with one attached hydrogen (secondary N) is 1. The summed E-state index contributed by atoms with van der Waals surface area (Å²) in [7, 11) is 0. The van der Waals surface area contributed by atoms with Gasteiger partial charge in [-0.1, -0.05) is 12.2 Å². The van der Waals surface area contributed by atoms with Crippen LogP contribution in [0.1, 0.15) is 12.8 Å². The predicted molar refractivity (Wildman–Crippen MR) is 57.9 cm³/mol. The Hall–Kier alpha value is -0.600. The molecule has 1 saturated heterocycles. The first-order valence-electron chi connectivity index (χ1n) is 5.05. The highest BCUT2D eigenvalue weighted by atomic mass is 15.2. The van der Waals surface area contributed by atoms with Crippen LogP contribution in [0.2, 0.25) is 0 Å². The van der Waals surface area contributed by atoms with Gasteiger partial charge in [0.25, 0.3) is 0 Å². The topological polar surface area (TPSA) is 15.3 Å². The Morgan fingerprint density at radius 2 is 2.00 bits per heavy atom. The smallest absolute Gasteiger partial charge is 0.0227 e. The van der Waals surface area contributed by atoms with Gasteiger partial charge in [-0.2, -0.15) is 0 Å². The lowest BCUT2D eigenvalue weighted by Crippen LogP contribution is -2.46. The zero-order valence-corrected chi connectivity index (χ0v) is 8.34. The Kier molecular flexibility index (Phi) is 4.79. The molecular weight excluding hydrogens is 160 g/mol. The minimum absolute atomic E-state index is 0.671. The van der Waals surface area contributed by atoms with E-state index in [-0.39, 0.29) is 0 Å². The second-order valence-corrected chi connectivity index (χ2v) is 3.53. The minimum atomic E-state index is 0.671. The Morgan fingerprint density at radius 1 is 1.31 bits per heavy atom. The van der Waals surface area contributed by atoms with Gasteiger partial charge in [0.05, 0.1) is 0 Å². The lowest BCUT2D eigenvalue weighted by molar-refractivity contribution is 0.201. The molecule has 0 aliphatic carbocycles. The van der Waals surface area contributed by atoms with Gasteiger partial charge < -0.3 is 5.32 Å². The van der Waals surface area contributed by atoms with Crippen LogP contribution < -0.4 is 5.32 Å². The molecule has 1 N–H and O–H groups in total. The molecule has 0 radical (unpaired) electrons. The van der Waals surface area contributed by atoms with Crippen molar-refractivity contribution in [3.05, 3.63) is 25.3 Å². The maximum Gasteiger partial charge on any atom is 0.0227 e. The molecule has 0 aromatic heterocycles. The summed E-state index contributed by atoms with van der Waals surface area (Å²) in [6.45, 7) is 11.8. The zero-order valence-electron chi connectivity index (χ0n) is 8.34. The third-order valence-electron chi connectivity index (χ3n) is 2.51. The summed E-state index contributed by atoms with van der Waals surface area (Å²) in [5, 5.41) is 3.42. The SMILES string of the molecule is C=CCN(CC=C)[C@@H]1CCCNC1. The van der Waals surface area contributed by atoms with Crippen LogP contribution in [-0.2, 0) is 0 Å². The molecule has 0 amide bonds. The molecule has 1 rings (SSSR count). The molecule has 1 aliphatic rings. The van der Waals surface area contributed by atoms with Gasteiger partial charge in [0.2, 0.25) is 0 Å². The normalized spacial score (nSPS) is 23.0. The average Bonchev–Trinajstić information content (AvgIpc) is 2.19. The van der Waals surface area contributed by atoms with E-state index < -0.39 is 0 Å².